The molecule has 0 radical (unpaired) electrons. The van der Waals surface area contributed by atoms with Crippen molar-refractivity contribution in [2.75, 3.05) is 19.0 Å². The molecule has 68 valence electrons. The SMILES string of the molecule is CCOP(=S)(OCC)SCC. The third-order valence-corrected chi connectivity index (χ3v) is 6.52. The van der Waals surface area contributed by atoms with Crippen LogP contribution in [0.5, 0.6) is 0 Å². The lowest BCUT2D eigenvalue weighted by molar-refractivity contribution is 0.280. The molecular formula is C6H15O2PS2. The first-order valence-corrected chi connectivity index (χ1v) is 7.95. The van der Waals surface area contributed by atoms with Crippen LogP contribution in [0.15, 0.2) is 0 Å². The molecule has 0 saturated carbocycles. The molecule has 0 unspecified atom stereocenters. The Bertz CT molecular complexity index is 117. The fraction of sp³-hybridized carbons (Fsp3) is 1.00. The minimum atomic E-state index is -1.97. The smallest absolute Gasteiger partial charge is 0.247 e. The van der Waals surface area contributed by atoms with E-state index in [1.54, 1.807) is 11.4 Å². The number of rotatable bonds is 6. The summed E-state index contributed by atoms with van der Waals surface area (Å²) in [4.78, 5) is 0. The largest absolute Gasteiger partial charge is 0.322 e. The van der Waals surface area contributed by atoms with Crippen molar-refractivity contribution >= 4 is 28.9 Å². The zero-order valence-corrected chi connectivity index (χ0v) is 9.73. The number of hydrogen-bond donors (Lipinski definition) is 0. The van der Waals surface area contributed by atoms with Gasteiger partial charge in [0.2, 0.25) is 5.69 Å². The molecule has 5 heteroatoms. The molecule has 0 aromatic rings. The van der Waals surface area contributed by atoms with Crippen LogP contribution in [0.3, 0.4) is 0 Å². The molecule has 0 bridgehead atoms. The zero-order valence-electron chi connectivity index (χ0n) is 7.20. The Morgan fingerprint density at radius 2 is 1.64 bits per heavy atom. The van der Waals surface area contributed by atoms with Gasteiger partial charge < -0.3 is 9.05 Å². The van der Waals surface area contributed by atoms with Crippen molar-refractivity contribution in [2.24, 2.45) is 0 Å². The van der Waals surface area contributed by atoms with Crippen LogP contribution in [-0.2, 0) is 20.9 Å². The van der Waals surface area contributed by atoms with Crippen molar-refractivity contribution in [1.82, 2.24) is 0 Å². The summed E-state index contributed by atoms with van der Waals surface area (Å²) < 4.78 is 10.8. The van der Waals surface area contributed by atoms with Gasteiger partial charge >= 0.3 is 0 Å². The molecule has 0 N–H and O–H groups in total. The molecule has 0 saturated heterocycles. The van der Waals surface area contributed by atoms with Gasteiger partial charge in [0.15, 0.2) is 0 Å². The second-order valence-corrected chi connectivity index (χ2v) is 8.30. The number of hydrogen-bond acceptors (Lipinski definition) is 4. The first kappa shape index (κ1) is 11.9. The van der Waals surface area contributed by atoms with E-state index >= 15 is 0 Å². The van der Waals surface area contributed by atoms with Gasteiger partial charge in [0.25, 0.3) is 0 Å². The lowest BCUT2D eigenvalue weighted by Crippen LogP contribution is -1.91. The van der Waals surface area contributed by atoms with Crippen molar-refractivity contribution in [3.8, 4) is 0 Å². The maximum atomic E-state index is 5.38. The summed E-state index contributed by atoms with van der Waals surface area (Å²) in [6.45, 7) is 7.23. The van der Waals surface area contributed by atoms with Crippen LogP contribution >= 0.6 is 17.1 Å². The zero-order chi connectivity index (χ0) is 8.74. The van der Waals surface area contributed by atoms with Gasteiger partial charge in [-0.05, 0) is 31.4 Å². The molecule has 0 spiro atoms. The van der Waals surface area contributed by atoms with E-state index in [4.69, 9.17) is 20.9 Å². The third kappa shape index (κ3) is 5.21. The normalized spacial score (nSPS) is 11.9. The highest BCUT2D eigenvalue weighted by Crippen LogP contribution is 2.60. The minimum Gasteiger partial charge on any atom is -0.322 e. The van der Waals surface area contributed by atoms with Crippen molar-refractivity contribution < 1.29 is 9.05 Å². The summed E-state index contributed by atoms with van der Waals surface area (Å²) in [5.74, 6) is 0.956. The quantitative estimate of drug-likeness (QED) is 0.632. The Kier molecular flexibility index (Phi) is 6.98. The Labute approximate surface area is 78.0 Å². The monoisotopic (exact) mass is 214 g/mol. The predicted molar refractivity (Wildman–Crippen MR) is 55.7 cm³/mol. The van der Waals surface area contributed by atoms with Gasteiger partial charge in [-0.15, -0.1) is 0 Å². The van der Waals surface area contributed by atoms with Gasteiger partial charge in [0.05, 0.1) is 13.2 Å². The van der Waals surface area contributed by atoms with E-state index in [2.05, 4.69) is 6.92 Å². The van der Waals surface area contributed by atoms with Gasteiger partial charge in [0, 0.05) is 0 Å². The summed E-state index contributed by atoms with van der Waals surface area (Å²) in [5, 5.41) is 0. The Morgan fingerprint density at radius 1 is 1.18 bits per heavy atom. The highest BCUT2D eigenvalue weighted by molar-refractivity contribution is 8.67. The van der Waals surface area contributed by atoms with Crippen LogP contribution in [0, 0.1) is 0 Å². The molecule has 0 atom stereocenters. The van der Waals surface area contributed by atoms with Crippen molar-refractivity contribution in [3.05, 3.63) is 0 Å². The van der Waals surface area contributed by atoms with E-state index in [-0.39, 0.29) is 0 Å². The van der Waals surface area contributed by atoms with Gasteiger partial charge in [-0.3, -0.25) is 0 Å². The molecule has 2 nitrogen and oxygen atoms in total. The summed E-state index contributed by atoms with van der Waals surface area (Å²) in [5.41, 5.74) is -1.97. The summed E-state index contributed by atoms with van der Waals surface area (Å²) in [7, 11) is 0. The molecule has 0 aliphatic heterocycles. The summed E-state index contributed by atoms with van der Waals surface area (Å²) >= 11 is 6.84. The molecule has 11 heavy (non-hydrogen) atoms. The van der Waals surface area contributed by atoms with Crippen LogP contribution in [0.4, 0.5) is 0 Å². The highest BCUT2D eigenvalue weighted by atomic mass is 32.9. The first-order chi connectivity index (χ1) is 5.18. The molecule has 0 aliphatic carbocycles. The van der Waals surface area contributed by atoms with Gasteiger partial charge in [-0.2, -0.15) is 0 Å². The van der Waals surface area contributed by atoms with Gasteiger partial charge in [-0.25, -0.2) is 0 Å². The fourth-order valence-electron chi connectivity index (χ4n) is 0.586. The van der Waals surface area contributed by atoms with Gasteiger partial charge in [0.1, 0.15) is 0 Å². The van der Waals surface area contributed by atoms with Crippen molar-refractivity contribution in [2.45, 2.75) is 20.8 Å². The summed E-state index contributed by atoms with van der Waals surface area (Å²) in [6, 6.07) is 0. The van der Waals surface area contributed by atoms with E-state index in [9.17, 15) is 0 Å². The van der Waals surface area contributed by atoms with E-state index in [0.717, 1.165) is 5.75 Å². The third-order valence-electron chi connectivity index (χ3n) is 0.862. The van der Waals surface area contributed by atoms with E-state index in [1.165, 1.54) is 0 Å². The van der Waals surface area contributed by atoms with E-state index < -0.39 is 5.69 Å². The standard InChI is InChI=1S/C6H15O2PS2/c1-4-7-9(10,8-5-2)11-6-3/h4-6H2,1-3H3. The lowest BCUT2D eigenvalue weighted by Gasteiger charge is -2.18. The molecule has 0 heterocycles. The average molecular weight is 214 g/mol. The molecule has 0 amide bonds. The highest BCUT2D eigenvalue weighted by Gasteiger charge is 2.16. The van der Waals surface area contributed by atoms with Crippen LogP contribution in [0.2, 0.25) is 0 Å². The van der Waals surface area contributed by atoms with Crippen molar-refractivity contribution in [1.29, 1.82) is 0 Å². The Hall–Kier alpha value is 0.920. The lowest BCUT2D eigenvalue weighted by atomic mass is 10.9. The first-order valence-electron chi connectivity index (χ1n) is 3.72. The van der Waals surface area contributed by atoms with E-state index in [1.807, 2.05) is 13.8 Å². The van der Waals surface area contributed by atoms with Gasteiger partial charge in [-0.1, -0.05) is 18.3 Å². The molecule has 0 aliphatic rings. The fourth-order valence-corrected chi connectivity index (χ4v) is 5.37. The van der Waals surface area contributed by atoms with Crippen LogP contribution in [0.25, 0.3) is 0 Å². The Morgan fingerprint density at radius 3 is 1.91 bits per heavy atom. The average Bonchev–Trinajstić information content (AvgIpc) is 1.88. The topological polar surface area (TPSA) is 18.5 Å². The molecule has 0 aromatic carbocycles. The molecule has 0 rings (SSSR count). The minimum absolute atomic E-state index is 0.643. The molecule has 0 aromatic heterocycles. The predicted octanol–water partition coefficient (Wildman–Crippen LogP) is 3.04. The second-order valence-electron chi connectivity index (χ2n) is 1.70. The van der Waals surface area contributed by atoms with Crippen LogP contribution in [0.1, 0.15) is 20.8 Å². The molecule has 0 fully saturated rings. The summed E-state index contributed by atoms with van der Waals surface area (Å²) in [6.07, 6.45) is 0. The van der Waals surface area contributed by atoms with E-state index in [0.29, 0.717) is 13.2 Å². The van der Waals surface area contributed by atoms with Crippen LogP contribution in [-0.4, -0.2) is 19.0 Å². The van der Waals surface area contributed by atoms with Crippen molar-refractivity contribution in [3.63, 3.8) is 0 Å². The maximum absolute atomic E-state index is 5.38. The maximum Gasteiger partial charge on any atom is 0.247 e. The Balaban J connectivity index is 3.91. The molecular weight excluding hydrogens is 199 g/mol. The van der Waals surface area contributed by atoms with Crippen LogP contribution < -0.4 is 0 Å². The second kappa shape index (κ2) is 6.44.